The molecule has 26 heavy (non-hydrogen) atoms. The van der Waals surface area contributed by atoms with Gasteiger partial charge in [-0.15, -0.1) is 0 Å². The normalized spacial score (nSPS) is 22.3. The van der Waals surface area contributed by atoms with E-state index < -0.39 is 10.0 Å². The highest BCUT2D eigenvalue weighted by atomic mass is 32.2. The third-order valence-electron chi connectivity index (χ3n) is 5.49. The van der Waals surface area contributed by atoms with E-state index in [0.29, 0.717) is 19.0 Å². The number of sulfonamides is 1. The van der Waals surface area contributed by atoms with Crippen LogP contribution in [-0.2, 0) is 30.0 Å². The largest absolute Gasteiger partial charge is 0.339 e. The molecule has 1 unspecified atom stereocenters. The van der Waals surface area contributed by atoms with Crippen LogP contribution in [0.1, 0.15) is 24.0 Å². The highest BCUT2D eigenvalue weighted by Crippen LogP contribution is 2.25. The first-order chi connectivity index (χ1) is 12.5. The number of rotatable bonds is 4. The molecule has 3 heterocycles. The fourth-order valence-electron chi connectivity index (χ4n) is 4.12. The Morgan fingerprint density at radius 2 is 2.00 bits per heavy atom. The quantitative estimate of drug-likeness (QED) is 0.820. The summed E-state index contributed by atoms with van der Waals surface area (Å²) in [4.78, 5) is 6.53. The minimum absolute atomic E-state index is 0.160. The van der Waals surface area contributed by atoms with Crippen LogP contribution in [0.4, 0.5) is 0 Å². The van der Waals surface area contributed by atoms with E-state index in [-0.39, 0.29) is 5.03 Å². The van der Waals surface area contributed by atoms with Crippen molar-refractivity contribution in [2.45, 2.75) is 30.8 Å². The van der Waals surface area contributed by atoms with Crippen molar-refractivity contribution in [1.82, 2.24) is 18.8 Å². The predicted molar refractivity (Wildman–Crippen MR) is 100 cm³/mol. The van der Waals surface area contributed by atoms with Crippen molar-refractivity contribution in [1.29, 1.82) is 0 Å². The molecule has 2 aromatic rings. The molecular formula is C19H26N4O2S. The Bertz CT molecular complexity index is 877. The zero-order valence-corrected chi connectivity index (χ0v) is 16.0. The lowest BCUT2D eigenvalue weighted by Gasteiger charge is -2.36. The third kappa shape index (κ3) is 3.56. The van der Waals surface area contributed by atoms with Gasteiger partial charge in [0.05, 0.1) is 6.33 Å². The number of fused-ring (bicyclic) bond motifs is 1. The summed E-state index contributed by atoms with van der Waals surface area (Å²) in [6.45, 7) is 4.18. The lowest BCUT2D eigenvalue weighted by molar-refractivity contribution is 0.167. The fourth-order valence-corrected chi connectivity index (χ4v) is 5.64. The van der Waals surface area contributed by atoms with Crippen LogP contribution in [0.25, 0.3) is 0 Å². The Labute approximate surface area is 155 Å². The maximum Gasteiger partial charge on any atom is 0.262 e. The van der Waals surface area contributed by atoms with Gasteiger partial charge >= 0.3 is 0 Å². The SMILES string of the molecule is Cn1cnc(S(=O)(=O)N2CCCC(CN3CCc4ccccc4C3)C2)c1. The zero-order chi connectivity index (χ0) is 18.1. The van der Waals surface area contributed by atoms with Gasteiger partial charge in [0.15, 0.2) is 5.03 Å². The minimum Gasteiger partial charge on any atom is -0.339 e. The smallest absolute Gasteiger partial charge is 0.262 e. The Kier molecular flexibility index (Phi) is 4.86. The van der Waals surface area contributed by atoms with E-state index in [1.807, 2.05) is 0 Å². The molecule has 4 rings (SSSR count). The molecule has 0 bridgehead atoms. The van der Waals surface area contributed by atoms with Gasteiger partial charge in [0, 0.05) is 46.0 Å². The monoisotopic (exact) mass is 374 g/mol. The second-order valence-corrected chi connectivity index (χ2v) is 9.39. The molecule has 1 aromatic carbocycles. The molecule has 0 saturated carbocycles. The molecule has 7 heteroatoms. The molecule has 0 spiro atoms. The number of imidazole rings is 1. The van der Waals surface area contributed by atoms with Crippen molar-refractivity contribution in [3.05, 3.63) is 47.9 Å². The predicted octanol–water partition coefficient (Wildman–Crippen LogP) is 1.88. The van der Waals surface area contributed by atoms with E-state index in [1.165, 1.54) is 11.1 Å². The zero-order valence-electron chi connectivity index (χ0n) is 15.2. The van der Waals surface area contributed by atoms with Crippen molar-refractivity contribution < 1.29 is 8.42 Å². The molecule has 1 saturated heterocycles. The molecule has 1 fully saturated rings. The van der Waals surface area contributed by atoms with E-state index >= 15 is 0 Å². The number of hydrogen-bond acceptors (Lipinski definition) is 4. The van der Waals surface area contributed by atoms with Crippen LogP contribution in [0.2, 0.25) is 0 Å². The Morgan fingerprint density at radius 1 is 1.19 bits per heavy atom. The topological polar surface area (TPSA) is 58.4 Å². The number of benzene rings is 1. The second kappa shape index (κ2) is 7.13. The lowest BCUT2D eigenvalue weighted by atomic mass is 9.95. The summed E-state index contributed by atoms with van der Waals surface area (Å²) in [6.07, 6.45) is 6.21. The average Bonchev–Trinajstić information content (AvgIpc) is 3.09. The molecule has 1 atom stereocenters. The van der Waals surface area contributed by atoms with Gasteiger partial charge < -0.3 is 4.57 Å². The van der Waals surface area contributed by atoms with Gasteiger partial charge in [-0.25, -0.2) is 13.4 Å². The van der Waals surface area contributed by atoms with Gasteiger partial charge in [-0.2, -0.15) is 4.31 Å². The lowest BCUT2D eigenvalue weighted by Crippen LogP contribution is -2.44. The van der Waals surface area contributed by atoms with Crippen LogP contribution >= 0.6 is 0 Å². The maximum absolute atomic E-state index is 12.8. The van der Waals surface area contributed by atoms with Gasteiger partial charge in [0.25, 0.3) is 10.0 Å². The van der Waals surface area contributed by atoms with E-state index in [9.17, 15) is 8.42 Å². The first-order valence-electron chi connectivity index (χ1n) is 9.29. The summed E-state index contributed by atoms with van der Waals surface area (Å²) in [5, 5.41) is 0.160. The molecule has 0 radical (unpaired) electrons. The molecule has 0 aliphatic carbocycles. The van der Waals surface area contributed by atoms with Gasteiger partial charge in [0.1, 0.15) is 0 Å². The fraction of sp³-hybridized carbons (Fsp3) is 0.526. The van der Waals surface area contributed by atoms with Gasteiger partial charge in [0.2, 0.25) is 0 Å². The molecule has 6 nitrogen and oxygen atoms in total. The van der Waals surface area contributed by atoms with Crippen molar-refractivity contribution in [2.24, 2.45) is 13.0 Å². The summed E-state index contributed by atoms with van der Waals surface area (Å²) in [7, 11) is -1.69. The van der Waals surface area contributed by atoms with Crippen molar-refractivity contribution in [3.63, 3.8) is 0 Å². The van der Waals surface area contributed by atoms with Crippen LogP contribution in [0.15, 0.2) is 41.8 Å². The van der Waals surface area contributed by atoms with Crippen molar-refractivity contribution >= 4 is 10.0 Å². The number of hydrogen-bond donors (Lipinski definition) is 0. The van der Waals surface area contributed by atoms with Crippen LogP contribution in [0, 0.1) is 5.92 Å². The average molecular weight is 375 g/mol. The van der Waals surface area contributed by atoms with E-state index in [4.69, 9.17) is 0 Å². The van der Waals surface area contributed by atoms with Gasteiger partial charge in [-0.05, 0) is 36.3 Å². The summed E-state index contributed by atoms with van der Waals surface area (Å²) < 4.78 is 29.0. The first-order valence-corrected chi connectivity index (χ1v) is 10.7. The van der Waals surface area contributed by atoms with Crippen LogP contribution < -0.4 is 0 Å². The molecule has 2 aliphatic heterocycles. The standard InChI is InChI=1S/C19H26N4O2S/c1-21-14-19(20-15-21)26(24,25)23-9-4-5-16(12-23)11-22-10-8-17-6-2-3-7-18(17)13-22/h2-3,6-7,14-16H,4-5,8-13H2,1H3. The molecule has 140 valence electrons. The third-order valence-corrected chi connectivity index (χ3v) is 7.24. The molecule has 0 amide bonds. The molecule has 2 aliphatic rings. The van der Waals surface area contributed by atoms with Crippen LogP contribution in [0.3, 0.4) is 0 Å². The second-order valence-electron chi connectivity index (χ2n) is 7.50. The number of aryl methyl sites for hydroxylation is 1. The van der Waals surface area contributed by atoms with Crippen LogP contribution in [-0.4, -0.2) is 53.4 Å². The Balaban J connectivity index is 1.41. The minimum atomic E-state index is -3.48. The summed E-state index contributed by atoms with van der Waals surface area (Å²) >= 11 is 0. The highest BCUT2D eigenvalue weighted by Gasteiger charge is 2.32. The maximum atomic E-state index is 12.8. The van der Waals surface area contributed by atoms with Crippen LogP contribution in [0.5, 0.6) is 0 Å². The Morgan fingerprint density at radius 3 is 2.77 bits per heavy atom. The van der Waals surface area contributed by atoms with E-state index in [0.717, 1.165) is 38.9 Å². The highest BCUT2D eigenvalue weighted by molar-refractivity contribution is 7.89. The van der Waals surface area contributed by atoms with Crippen molar-refractivity contribution in [2.75, 3.05) is 26.2 Å². The summed E-state index contributed by atoms with van der Waals surface area (Å²) in [5.41, 5.74) is 2.86. The Hall–Kier alpha value is -1.70. The number of aromatic nitrogens is 2. The van der Waals surface area contributed by atoms with Gasteiger partial charge in [-0.1, -0.05) is 24.3 Å². The molecular weight excluding hydrogens is 348 g/mol. The summed E-state index contributed by atoms with van der Waals surface area (Å²) in [5.74, 6) is 0.382. The number of nitrogens with zero attached hydrogens (tertiary/aromatic N) is 4. The molecule has 0 N–H and O–H groups in total. The van der Waals surface area contributed by atoms with Gasteiger partial charge in [-0.3, -0.25) is 4.90 Å². The number of piperidine rings is 1. The first kappa shape index (κ1) is 17.7. The molecule has 1 aromatic heterocycles. The summed E-state index contributed by atoms with van der Waals surface area (Å²) in [6, 6.07) is 8.63. The van der Waals surface area contributed by atoms with Crippen molar-refractivity contribution in [3.8, 4) is 0 Å². The van der Waals surface area contributed by atoms with E-state index in [1.54, 1.807) is 28.4 Å². The van der Waals surface area contributed by atoms with E-state index in [2.05, 4.69) is 34.1 Å².